The minimum atomic E-state index is -1.95. The second kappa shape index (κ2) is 8.09. The van der Waals surface area contributed by atoms with Crippen molar-refractivity contribution in [2.24, 2.45) is 22.7 Å². The molecule has 0 radical (unpaired) electrons. The molecule has 5 aliphatic rings. The van der Waals surface area contributed by atoms with Gasteiger partial charge in [-0.25, -0.2) is 13.5 Å². The Kier molecular flexibility index (Phi) is 5.35. The molecule has 4 aliphatic carbocycles. The zero-order valence-corrected chi connectivity index (χ0v) is 23.3. The summed E-state index contributed by atoms with van der Waals surface area (Å²) >= 11 is 0. The summed E-state index contributed by atoms with van der Waals surface area (Å²) in [6, 6.07) is 6.11. The van der Waals surface area contributed by atoms with Gasteiger partial charge in [-0.3, -0.25) is 4.79 Å². The number of hydrogen-bond acceptors (Lipinski definition) is 6. The van der Waals surface area contributed by atoms with Crippen molar-refractivity contribution in [1.29, 1.82) is 0 Å². The number of allylic oxidation sites excluding steroid dienone is 1. The SMILES string of the molecule is CC1(C)O[C@@H]2C[C@H]3[C@@H]4CCC5=Cc6c(cnn6-c6ccc(F)cc6)C[C@]5(C)[C@@]4(F)[C@@H](O)C[C@]3(C)[C@]2(C(=O)CO)O1. The van der Waals surface area contributed by atoms with E-state index in [2.05, 4.69) is 5.10 Å². The van der Waals surface area contributed by atoms with E-state index in [9.17, 15) is 19.4 Å². The third-order valence-corrected chi connectivity index (χ3v) is 11.2. The Morgan fingerprint density at radius 2 is 1.90 bits per heavy atom. The van der Waals surface area contributed by atoms with Crippen LogP contribution in [0.2, 0.25) is 0 Å². The van der Waals surface area contributed by atoms with Crippen molar-refractivity contribution in [2.45, 2.75) is 89.1 Å². The van der Waals surface area contributed by atoms with Crippen molar-refractivity contribution in [1.82, 2.24) is 9.78 Å². The fourth-order valence-electron chi connectivity index (χ4n) is 9.56. The molecular formula is C31H36F2N2O5. The lowest BCUT2D eigenvalue weighted by Crippen LogP contribution is -2.70. The summed E-state index contributed by atoms with van der Waals surface area (Å²) in [5, 5.41) is 26.4. The summed E-state index contributed by atoms with van der Waals surface area (Å²) in [6.07, 6.45) is 3.73. The summed E-state index contributed by atoms with van der Waals surface area (Å²) in [5.41, 5.74) is -1.90. The Hall–Kier alpha value is -2.46. The maximum Gasteiger partial charge on any atom is 0.193 e. The van der Waals surface area contributed by atoms with E-state index < -0.39 is 58.4 Å². The van der Waals surface area contributed by atoms with Crippen LogP contribution in [0.3, 0.4) is 0 Å². The predicted octanol–water partition coefficient (Wildman–Crippen LogP) is 4.32. The number of aromatic nitrogens is 2. The lowest BCUT2D eigenvalue weighted by atomic mass is 9.43. The largest absolute Gasteiger partial charge is 0.390 e. The number of fused-ring (bicyclic) bond motifs is 8. The van der Waals surface area contributed by atoms with Crippen LogP contribution in [-0.2, 0) is 20.7 Å². The van der Waals surface area contributed by atoms with Gasteiger partial charge in [0.25, 0.3) is 0 Å². The molecule has 0 spiro atoms. The molecule has 7 rings (SSSR count). The molecule has 8 atom stereocenters. The molecule has 1 aromatic heterocycles. The molecule has 3 saturated carbocycles. The van der Waals surface area contributed by atoms with E-state index in [0.29, 0.717) is 25.7 Å². The van der Waals surface area contributed by atoms with E-state index in [4.69, 9.17) is 9.47 Å². The quantitative estimate of drug-likeness (QED) is 0.587. The molecule has 214 valence electrons. The van der Waals surface area contributed by atoms with Gasteiger partial charge in [-0.15, -0.1) is 0 Å². The molecule has 4 fully saturated rings. The van der Waals surface area contributed by atoms with E-state index in [1.54, 1.807) is 36.9 Å². The minimum Gasteiger partial charge on any atom is -0.390 e. The highest BCUT2D eigenvalue weighted by Gasteiger charge is 2.80. The molecular weight excluding hydrogens is 518 g/mol. The summed E-state index contributed by atoms with van der Waals surface area (Å²) in [5.74, 6) is -2.63. The van der Waals surface area contributed by atoms with Crippen LogP contribution in [0.1, 0.15) is 64.6 Å². The molecule has 40 heavy (non-hydrogen) atoms. The lowest BCUT2D eigenvalue weighted by molar-refractivity contribution is -0.250. The fraction of sp³-hybridized carbons (Fsp3) is 0.613. The summed E-state index contributed by atoms with van der Waals surface area (Å²) in [6.45, 7) is 6.62. The van der Waals surface area contributed by atoms with Gasteiger partial charge in [-0.1, -0.05) is 19.4 Å². The molecule has 2 aromatic rings. The van der Waals surface area contributed by atoms with Gasteiger partial charge in [0.1, 0.15) is 18.1 Å². The molecule has 9 heteroatoms. The number of halogens is 2. The standard InChI is InChI=1S/C31H36F2N2O5/c1-27(2)39-26-12-22-21-10-5-18-11-23-17(15-34-35(23)20-8-6-19(32)7-9-20)13-28(18,3)30(21,33)24(37)14-29(22,4)31(26,40-27)25(38)16-36/h6-9,11,15,21-22,24,26,36-37H,5,10,12-14,16H2,1-4H3/t21-,22-,24-,26+,28-,29-,30-,31+/m0/s1. The number of Topliss-reactive ketones (excluding diaryl/α,β-unsaturated/α-hetero) is 1. The maximum atomic E-state index is 18.0. The number of benzene rings is 1. The van der Waals surface area contributed by atoms with Gasteiger partial charge in [0, 0.05) is 16.7 Å². The molecule has 0 amide bonds. The first kappa shape index (κ1) is 26.4. The number of ketones is 1. The van der Waals surface area contributed by atoms with Crippen LogP contribution in [-0.4, -0.2) is 61.6 Å². The van der Waals surface area contributed by atoms with Crippen LogP contribution in [0.5, 0.6) is 0 Å². The van der Waals surface area contributed by atoms with Crippen LogP contribution >= 0.6 is 0 Å². The Morgan fingerprint density at radius 3 is 2.60 bits per heavy atom. The van der Waals surface area contributed by atoms with Crippen molar-refractivity contribution in [3.63, 3.8) is 0 Å². The monoisotopic (exact) mass is 554 g/mol. The number of aliphatic hydroxyl groups is 2. The van der Waals surface area contributed by atoms with Gasteiger partial charge >= 0.3 is 0 Å². The first-order chi connectivity index (χ1) is 18.8. The smallest absolute Gasteiger partial charge is 0.193 e. The predicted molar refractivity (Wildman–Crippen MR) is 142 cm³/mol. The van der Waals surface area contributed by atoms with E-state index in [1.165, 1.54) is 12.1 Å². The normalized spacial score (nSPS) is 42.8. The number of alkyl halides is 1. The number of aliphatic hydroxyl groups excluding tert-OH is 2. The average Bonchev–Trinajstić information content (AvgIpc) is 3.50. The zero-order valence-electron chi connectivity index (χ0n) is 23.3. The molecule has 0 bridgehead atoms. The van der Waals surface area contributed by atoms with Crippen LogP contribution in [0, 0.1) is 28.5 Å². The average molecular weight is 555 g/mol. The summed E-state index contributed by atoms with van der Waals surface area (Å²) < 4.78 is 45.9. The van der Waals surface area contributed by atoms with Crippen LogP contribution < -0.4 is 0 Å². The van der Waals surface area contributed by atoms with Crippen molar-refractivity contribution in [2.75, 3.05) is 6.61 Å². The van der Waals surface area contributed by atoms with Crippen molar-refractivity contribution in [3.05, 3.63) is 53.1 Å². The van der Waals surface area contributed by atoms with Crippen molar-refractivity contribution >= 4 is 11.9 Å². The highest BCUT2D eigenvalue weighted by atomic mass is 19.1. The van der Waals surface area contributed by atoms with E-state index in [1.807, 2.05) is 19.9 Å². The number of carbonyl (C=O) groups excluding carboxylic acids is 1. The number of carbonyl (C=O) groups is 1. The highest BCUT2D eigenvalue weighted by molar-refractivity contribution is 5.91. The van der Waals surface area contributed by atoms with Crippen molar-refractivity contribution < 1.29 is 33.3 Å². The minimum absolute atomic E-state index is 0.0247. The molecule has 2 heterocycles. The van der Waals surface area contributed by atoms with Crippen molar-refractivity contribution in [3.8, 4) is 5.69 Å². The number of nitrogens with zero attached hydrogens (tertiary/aromatic N) is 2. The number of hydrogen-bond donors (Lipinski definition) is 2. The lowest BCUT2D eigenvalue weighted by Gasteiger charge is -2.63. The third-order valence-electron chi connectivity index (χ3n) is 11.2. The zero-order chi connectivity index (χ0) is 28.5. The summed E-state index contributed by atoms with van der Waals surface area (Å²) in [7, 11) is 0. The van der Waals surface area contributed by atoms with Gasteiger partial charge in [0.15, 0.2) is 17.2 Å². The maximum absolute atomic E-state index is 18.0. The van der Waals surface area contributed by atoms with E-state index in [0.717, 1.165) is 22.5 Å². The van der Waals surface area contributed by atoms with Gasteiger partial charge in [0.2, 0.25) is 0 Å². The first-order valence-corrected chi connectivity index (χ1v) is 14.2. The highest BCUT2D eigenvalue weighted by Crippen LogP contribution is 2.72. The van der Waals surface area contributed by atoms with Gasteiger partial charge < -0.3 is 19.7 Å². The first-order valence-electron chi connectivity index (χ1n) is 14.2. The Morgan fingerprint density at radius 1 is 1.18 bits per heavy atom. The van der Waals surface area contributed by atoms with Gasteiger partial charge in [-0.05, 0) is 87.8 Å². The van der Waals surface area contributed by atoms with Crippen LogP contribution in [0.15, 0.2) is 36.0 Å². The van der Waals surface area contributed by atoms with Gasteiger partial charge in [-0.2, -0.15) is 5.10 Å². The third kappa shape index (κ3) is 3.02. The van der Waals surface area contributed by atoms with E-state index in [-0.39, 0.29) is 18.2 Å². The topological polar surface area (TPSA) is 93.8 Å². The molecule has 0 unspecified atom stereocenters. The Labute approximate surface area is 232 Å². The second-order valence-corrected chi connectivity index (χ2v) is 13.4. The Bertz CT molecular complexity index is 1440. The fourth-order valence-corrected chi connectivity index (χ4v) is 9.56. The van der Waals surface area contributed by atoms with Gasteiger partial charge in [0.05, 0.1) is 29.8 Å². The number of rotatable bonds is 3. The molecule has 1 saturated heterocycles. The molecule has 1 aliphatic heterocycles. The second-order valence-electron chi connectivity index (χ2n) is 13.4. The number of ether oxygens (including phenoxy) is 2. The Balaban J connectivity index is 1.30. The molecule has 2 N–H and O–H groups in total. The van der Waals surface area contributed by atoms with Crippen LogP contribution in [0.4, 0.5) is 8.78 Å². The van der Waals surface area contributed by atoms with Crippen LogP contribution in [0.25, 0.3) is 11.8 Å². The van der Waals surface area contributed by atoms with E-state index >= 15 is 4.39 Å². The molecule has 7 nitrogen and oxygen atoms in total. The summed E-state index contributed by atoms with van der Waals surface area (Å²) in [4.78, 5) is 13.4. The molecule has 1 aromatic carbocycles.